The Bertz CT molecular complexity index is 1050. The van der Waals surface area contributed by atoms with Crippen LogP contribution in [0, 0.1) is 0 Å². The lowest BCUT2D eigenvalue weighted by Gasteiger charge is -2.15. The SMILES string of the molecule is C=CCOc1c(Cl)cc(C=C2SC(=O)N(Cc3c(Cl)cccc3Cl)C2=O)cc1OCC. The number of rotatable bonds is 8. The Balaban J connectivity index is 1.89. The summed E-state index contributed by atoms with van der Waals surface area (Å²) in [5.41, 5.74) is 1.11. The van der Waals surface area contributed by atoms with Crippen LogP contribution in [0.4, 0.5) is 4.79 Å². The van der Waals surface area contributed by atoms with Gasteiger partial charge in [0.05, 0.1) is 23.1 Å². The molecule has 2 aromatic carbocycles. The number of carbonyl (C=O) groups excluding carboxylic acids is 2. The molecule has 0 unspecified atom stereocenters. The van der Waals surface area contributed by atoms with Gasteiger partial charge < -0.3 is 9.47 Å². The molecule has 0 N–H and O–H groups in total. The van der Waals surface area contributed by atoms with Gasteiger partial charge in [-0.2, -0.15) is 0 Å². The van der Waals surface area contributed by atoms with Crippen molar-refractivity contribution in [2.45, 2.75) is 13.5 Å². The Hall–Kier alpha value is -2.12. The summed E-state index contributed by atoms with van der Waals surface area (Å²) in [6, 6.07) is 8.36. The summed E-state index contributed by atoms with van der Waals surface area (Å²) in [6.45, 7) is 6.11. The van der Waals surface area contributed by atoms with Gasteiger partial charge in [-0.3, -0.25) is 14.5 Å². The van der Waals surface area contributed by atoms with E-state index >= 15 is 0 Å². The molecule has 1 saturated heterocycles. The highest BCUT2D eigenvalue weighted by molar-refractivity contribution is 8.18. The van der Waals surface area contributed by atoms with Gasteiger partial charge in [0.2, 0.25) is 0 Å². The molecule has 31 heavy (non-hydrogen) atoms. The first kappa shape index (κ1) is 23.5. The number of amides is 2. The second kappa shape index (κ2) is 10.5. The molecule has 162 valence electrons. The van der Waals surface area contributed by atoms with Gasteiger partial charge >= 0.3 is 0 Å². The van der Waals surface area contributed by atoms with E-state index in [2.05, 4.69) is 6.58 Å². The average molecular weight is 499 g/mol. The molecule has 1 aliphatic rings. The van der Waals surface area contributed by atoms with Crippen molar-refractivity contribution in [3.05, 3.63) is 74.1 Å². The molecule has 2 aromatic rings. The van der Waals surface area contributed by atoms with Gasteiger partial charge in [0, 0.05) is 15.6 Å². The standard InChI is InChI=1S/C22H18Cl3NO4S/c1-3-8-30-20-17(25)9-13(10-18(20)29-4-2)11-19-21(27)26(22(28)31-19)12-14-15(23)6-5-7-16(14)24/h3,5-7,9-11H,1,4,8,12H2,2H3. The second-order valence-electron chi connectivity index (χ2n) is 6.33. The lowest BCUT2D eigenvalue weighted by Crippen LogP contribution is -2.27. The van der Waals surface area contributed by atoms with Crippen molar-refractivity contribution in [1.29, 1.82) is 0 Å². The monoisotopic (exact) mass is 497 g/mol. The van der Waals surface area contributed by atoms with Crippen LogP contribution in [0.2, 0.25) is 15.1 Å². The first-order valence-corrected chi connectivity index (χ1v) is 11.2. The highest BCUT2D eigenvalue weighted by Crippen LogP contribution is 2.40. The van der Waals surface area contributed by atoms with E-state index in [0.717, 1.165) is 16.7 Å². The summed E-state index contributed by atoms with van der Waals surface area (Å²) in [5, 5.41) is 0.688. The number of imide groups is 1. The third-order valence-electron chi connectivity index (χ3n) is 4.23. The predicted molar refractivity (Wildman–Crippen MR) is 126 cm³/mol. The topological polar surface area (TPSA) is 55.8 Å². The predicted octanol–water partition coefficient (Wildman–Crippen LogP) is 6.85. The molecule has 5 nitrogen and oxygen atoms in total. The lowest BCUT2D eigenvalue weighted by molar-refractivity contribution is -0.123. The molecular formula is C22H18Cl3NO4S. The van der Waals surface area contributed by atoms with Crippen LogP contribution < -0.4 is 9.47 Å². The van der Waals surface area contributed by atoms with E-state index in [1.807, 2.05) is 6.92 Å². The molecule has 0 atom stereocenters. The van der Waals surface area contributed by atoms with Gasteiger partial charge in [-0.25, -0.2) is 0 Å². The zero-order valence-electron chi connectivity index (χ0n) is 16.5. The van der Waals surface area contributed by atoms with Crippen LogP contribution in [0.1, 0.15) is 18.1 Å². The first-order valence-electron chi connectivity index (χ1n) is 9.24. The van der Waals surface area contributed by atoms with Crippen LogP contribution >= 0.6 is 46.6 Å². The minimum absolute atomic E-state index is 0.0141. The largest absolute Gasteiger partial charge is 0.490 e. The summed E-state index contributed by atoms with van der Waals surface area (Å²) in [6.07, 6.45) is 3.19. The van der Waals surface area contributed by atoms with Crippen LogP contribution in [0.15, 0.2) is 47.9 Å². The highest BCUT2D eigenvalue weighted by Gasteiger charge is 2.35. The van der Waals surface area contributed by atoms with Crippen LogP contribution in [0.3, 0.4) is 0 Å². The minimum atomic E-state index is -0.438. The van der Waals surface area contributed by atoms with Crippen molar-refractivity contribution >= 4 is 63.8 Å². The number of hydrogen-bond donors (Lipinski definition) is 0. The van der Waals surface area contributed by atoms with Crippen LogP contribution in [-0.2, 0) is 11.3 Å². The maximum atomic E-state index is 12.9. The Morgan fingerprint density at radius 3 is 2.45 bits per heavy atom. The van der Waals surface area contributed by atoms with Crippen molar-refractivity contribution in [2.75, 3.05) is 13.2 Å². The fourth-order valence-corrected chi connectivity index (χ4v) is 4.47. The fourth-order valence-electron chi connectivity index (χ4n) is 2.85. The van der Waals surface area contributed by atoms with Crippen LogP contribution in [0.5, 0.6) is 11.5 Å². The number of nitrogens with zero attached hydrogens (tertiary/aromatic N) is 1. The Morgan fingerprint density at radius 2 is 1.81 bits per heavy atom. The molecule has 0 aliphatic carbocycles. The highest BCUT2D eigenvalue weighted by atomic mass is 35.5. The van der Waals surface area contributed by atoms with E-state index in [0.29, 0.717) is 44.3 Å². The molecule has 1 heterocycles. The molecule has 0 bridgehead atoms. The summed E-state index contributed by atoms with van der Waals surface area (Å²) in [5.74, 6) is 0.388. The number of carbonyl (C=O) groups is 2. The van der Waals surface area contributed by atoms with Crippen LogP contribution in [-0.4, -0.2) is 29.3 Å². The Morgan fingerprint density at radius 1 is 1.10 bits per heavy atom. The molecule has 2 amide bonds. The molecule has 0 radical (unpaired) electrons. The maximum Gasteiger partial charge on any atom is 0.293 e. The van der Waals surface area contributed by atoms with E-state index in [9.17, 15) is 9.59 Å². The number of thioether (sulfide) groups is 1. The summed E-state index contributed by atoms with van der Waals surface area (Å²) in [4.78, 5) is 26.7. The molecule has 0 saturated carbocycles. The van der Waals surface area contributed by atoms with Gasteiger partial charge in [-0.05, 0) is 54.6 Å². The second-order valence-corrected chi connectivity index (χ2v) is 8.55. The zero-order chi connectivity index (χ0) is 22.5. The lowest BCUT2D eigenvalue weighted by atomic mass is 10.1. The third kappa shape index (κ3) is 5.39. The van der Waals surface area contributed by atoms with Crippen molar-refractivity contribution < 1.29 is 19.1 Å². The number of hydrogen-bond acceptors (Lipinski definition) is 5. The molecule has 3 rings (SSSR count). The number of ether oxygens (including phenoxy) is 2. The van der Waals surface area contributed by atoms with Crippen LogP contribution in [0.25, 0.3) is 6.08 Å². The van der Waals surface area contributed by atoms with Gasteiger partial charge in [0.25, 0.3) is 11.1 Å². The number of benzene rings is 2. The minimum Gasteiger partial charge on any atom is -0.490 e. The fraction of sp³-hybridized carbons (Fsp3) is 0.182. The van der Waals surface area contributed by atoms with E-state index in [1.165, 1.54) is 0 Å². The maximum absolute atomic E-state index is 12.9. The quantitative estimate of drug-likeness (QED) is 0.294. The Labute approximate surface area is 199 Å². The molecule has 9 heteroatoms. The number of halogens is 3. The van der Waals surface area contributed by atoms with E-state index in [4.69, 9.17) is 44.3 Å². The van der Waals surface area contributed by atoms with Gasteiger partial charge in [-0.1, -0.05) is 53.5 Å². The van der Waals surface area contributed by atoms with Crippen molar-refractivity contribution in [3.8, 4) is 11.5 Å². The van der Waals surface area contributed by atoms with Crippen molar-refractivity contribution in [1.82, 2.24) is 4.90 Å². The summed E-state index contributed by atoms with van der Waals surface area (Å²) in [7, 11) is 0. The molecule has 1 aliphatic heterocycles. The first-order chi connectivity index (χ1) is 14.8. The summed E-state index contributed by atoms with van der Waals surface area (Å²) < 4.78 is 11.2. The van der Waals surface area contributed by atoms with Gasteiger partial charge in [0.15, 0.2) is 11.5 Å². The Kier molecular flexibility index (Phi) is 7.94. The van der Waals surface area contributed by atoms with E-state index < -0.39 is 11.1 Å². The molecule has 1 fully saturated rings. The van der Waals surface area contributed by atoms with Crippen molar-refractivity contribution in [3.63, 3.8) is 0 Å². The van der Waals surface area contributed by atoms with Gasteiger partial charge in [0.1, 0.15) is 6.61 Å². The smallest absolute Gasteiger partial charge is 0.293 e. The van der Waals surface area contributed by atoms with E-state index in [-0.39, 0.29) is 18.1 Å². The molecule has 0 spiro atoms. The third-order valence-corrected chi connectivity index (χ3v) is 6.12. The molecular weight excluding hydrogens is 481 g/mol. The zero-order valence-corrected chi connectivity index (χ0v) is 19.6. The average Bonchev–Trinajstić information content (AvgIpc) is 2.97. The van der Waals surface area contributed by atoms with Gasteiger partial charge in [-0.15, -0.1) is 0 Å². The van der Waals surface area contributed by atoms with Crippen molar-refractivity contribution in [2.24, 2.45) is 0 Å². The molecule has 0 aromatic heterocycles. The van der Waals surface area contributed by atoms with E-state index in [1.54, 1.807) is 42.5 Å². The summed E-state index contributed by atoms with van der Waals surface area (Å²) >= 11 is 19.6. The normalized spacial score (nSPS) is 15.0.